The van der Waals surface area contributed by atoms with Crippen molar-refractivity contribution in [2.24, 2.45) is 0 Å². The summed E-state index contributed by atoms with van der Waals surface area (Å²) < 4.78 is 22.1. The Morgan fingerprint density at radius 1 is 1.00 bits per heavy atom. The SMILES string of the molecule is COc1cc2c(c(OC)c1OC)C(=O)CC(c1ccccc1)O2. The highest BCUT2D eigenvalue weighted by Gasteiger charge is 2.34. The number of ketones is 1. The van der Waals surface area contributed by atoms with Gasteiger partial charge in [-0.3, -0.25) is 4.79 Å². The van der Waals surface area contributed by atoms with Crippen LogP contribution in [0.15, 0.2) is 36.4 Å². The molecule has 0 bridgehead atoms. The van der Waals surface area contributed by atoms with Gasteiger partial charge < -0.3 is 18.9 Å². The first kappa shape index (κ1) is 15.2. The number of ether oxygens (including phenoxy) is 4. The van der Waals surface area contributed by atoms with Crippen LogP contribution >= 0.6 is 0 Å². The van der Waals surface area contributed by atoms with Crippen LogP contribution in [0.2, 0.25) is 0 Å². The lowest BCUT2D eigenvalue weighted by molar-refractivity contribution is 0.0842. The van der Waals surface area contributed by atoms with Crippen LogP contribution in [0.1, 0.15) is 28.4 Å². The van der Waals surface area contributed by atoms with Crippen molar-refractivity contribution in [3.63, 3.8) is 0 Å². The van der Waals surface area contributed by atoms with Crippen LogP contribution in [0.4, 0.5) is 0 Å². The van der Waals surface area contributed by atoms with Crippen molar-refractivity contribution in [2.75, 3.05) is 21.3 Å². The molecule has 2 aromatic carbocycles. The van der Waals surface area contributed by atoms with Gasteiger partial charge in [-0.2, -0.15) is 0 Å². The van der Waals surface area contributed by atoms with Gasteiger partial charge in [0, 0.05) is 6.07 Å². The highest BCUT2D eigenvalue weighted by molar-refractivity contribution is 6.04. The average Bonchev–Trinajstić information content (AvgIpc) is 2.60. The molecule has 0 saturated heterocycles. The molecule has 1 atom stereocenters. The molecule has 0 radical (unpaired) electrons. The van der Waals surface area contributed by atoms with Crippen molar-refractivity contribution in [1.29, 1.82) is 0 Å². The molecule has 5 nitrogen and oxygen atoms in total. The fourth-order valence-electron chi connectivity index (χ4n) is 2.81. The summed E-state index contributed by atoms with van der Waals surface area (Å²) in [6.45, 7) is 0. The molecule has 0 fully saturated rings. The highest BCUT2D eigenvalue weighted by atomic mass is 16.5. The smallest absolute Gasteiger partial charge is 0.204 e. The first-order valence-electron chi connectivity index (χ1n) is 7.27. The molecule has 1 heterocycles. The number of Topliss-reactive ketones (excluding diaryl/α,β-unsaturated/α-hetero) is 1. The van der Waals surface area contributed by atoms with E-state index < -0.39 is 0 Å². The van der Waals surface area contributed by atoms with Gasteiger partial charge in [0.15, 0.2) is 17.3 Å². The number of carbonyl (C=O) groups excluding carboxylic acids is 1. The molecule has 1 unspecified atom stereocenters. The van der Waals surface area contributed by atoms with E-state index in [0.29, 0.717) is 28.6 Å². The number of carbonyl (C=O) groups is 1. The van der Waals surface area contributed by atoms with Crippen molar-refractivity contribution >= 4 is 5.78 Å². The molecular formula is C18H18O5. The molecule has 0 aliphatic carbocycles. The van der Waals surface area contributed by atoms with Crippen LogP contribution in [0, 0.1) is 0 Å². The lowest BCUT2D eigenvalue weighted by Gasteiger charge is -2.28. The summed E-state index contributed by atoms with van der Waals surface area (Å²) in [5.74, 6) is 1.61. The van der Waals surface area contributed by atoms with Crippen molar-refractivity contribution in [3.05, 3.63) is 47.5 Å². The summed E-state index contributed by atoms with van der Waals surface area (Å²) in [6, 6.07) is 11.3. The molecule has 0 saturated carbocycles. The minimum Gasteiger partial charge on any atom is -0.493 e. The summed E-state index contributed by atoms with van der Waals surface area (Å²) in [4.78, 5) is 12.7. The molecule has 1 aliphatic heterocycles. The predicted molar refractivity (Wildman–Crippen MR) is 84.9 cm³/mol. The number of fused-ring (bicyclic) bond motifs is 1. The van der Waals surface area contributed by atoms with Crippen LogP contribution in [-0.2, 0) is 0 Å². The van der Waals surface area contributed by atoms with Crippen molar-refractivity contribution in [1.82, 2.24) is 0 Å². The van der Waals surface area contributed by atoms with Crippen molar-refractivity contribution in [3.8, 4) is 23.0 Å². The van der Waals surface area contributed by atoms with Crippen LogP contribution < -0.4 is 18.9 Å². The molecular weight excluding hydrogens is 296 g/mol. The largest absolute Gasteiger partial charge is 0.493 e. The quantitative estimate of drug-likeness (QED) is 0.865. The zero-order valence-electron chi connectivity index (χ0n) is 13.3. The third kappa shape index (κ3) is 2.59. The molecule has 1 aliphatic rings. The number of rotatable bonds is 4. The molecule has 3 rings (SSSR count). The lowest BCUT2D eigenvalue weighted by Crippen LogP contribution is -2.21. The van der Waals surface area contributed by atoms with Crippen LogP contribution in [0.3, 0.4) is 0 Å². The van der Waals surface area contributed by atoms with Gasteiger partial charge in [0.25, 0.3) is 0 Å². The Hall–Kier alpha value is -2.69. The van der Waals surface area contributed by atoms with E-state index in [1.54, 1.807) is 6.07 Å². The summed E-state index contributed by atoms with van der Waals surface area (Å²) in [7, 11) is 4.53. The van der Waals surface area contributed by atoms with Gasteiger partial charge in [-0.25, -0.2) is 0 Å². The highest BCUT2D eigenvalue weighted by Crippen LogP contribution is 2.49. The van der Waals surface area contributed by atoms with Gasteiger partial charge in [-0.1, -0.05) is 30.3 Å². The second-order valence-corrected chi connectivity index (χ2v) is 5.16. The minimum atomic E-state index is -0.320. The fourth-order valence-corrected chi connectivity index (χ4v) is 2.81. The Kier molecular flexibility index (Phi) is 4.10. The Bertz CT molecular complexity index is 724. The predicted octanol–water partition coefficient (Wildman–Crippen LogP) is 3.42. The zero-order valence-corrected chi connectivity index (χ0v) is 13.3. The fraction of sp³-hybridized carbons (Fsp3) is 0.278. The zero-order chi connectivity index (χ0) is 16.4. The lowest BCUT2D eigenvalue weighted by atomic mass is 9.95. The van der Waals surface area contributed by atoms with E-state index in [9.17, 15) is 4.79 Å². The molecule has 5 heteroatoms. The number of methoxy groups -OCH3 is 3. The van der Waals surface area contributed by atoms with Gasteiger partial charge in [-0.15, -0.1) is 0 Å². The Balaban J connectivity index is 2.10. The number of hydrogen-bond donors (Lipinski definition) is 0. The van der Waals surface area contributed by atoms with Crippen molar-refractivity contribution < 1.29 is 23.7 Å². The van der Waals surface area contributed by atoms with E-state index in [0.717, 1.165) is 5.56 Å². The molecule has 0 N–H and O–H groups in total. The van der Waals surface area contributed by atoms with E-state index in [4.69, 9.17) is 18.9 Å². The Morgan fingerprint density at radius 2 is 1.70 bits per heavy atom. The minimum absolute atomic E-state index is 0.0436. The topological polar surface area (TPSA) is 54.0 Å². The molecule has 0 aromatic heterocycles. The van der Waals surface area contributed by atoms with Crippen molar-refractivity contribution in [2.45, 2.75) is 12.5 Å². The van der Waals surface area contributed by atoms with E-state index in [1.165, 1.54) is 21.3 Å². The third-order valence-corrected chi connectivity index (χ3v) is 3.88. The monoisotopic (exact) mass is 314 g/mol. The van der Waals surface area contributed by atoms with Gasteiger partial charge in [0.1, 0.15) is 17.4 Å². The van der Waals surface area contributed by atoms with Crippen LogP contribution in [0.25, 0.3) is 0 Å². The molecule has 0 amide bonds. The first-order chi connectivity index (χ1) is 11.2. The summed E-state index contributed by atoms with van der Waals surface area (Å²) in [6.07, 6.45) is -0.0675. The summed E-state index contributed by atoms with van der Waals surface area (Å²) >= 11 is 0. The second-order valence-electron chi connectivity index (χ2n) is 5.16. The number of hydrogen-bond acceptors (Lipinski definition) is 5. The molecule has 2 aromatic rings. The maximum absolute atomic E-state index is 12.7. The van der Waals surface area contributed by atoms with Gasteiger partial charge >= 0.3 is 0 Å². The normalized spacial score (nSPS) is 16.3. The van der Waals surface area contributed by atoms with Crippen LogP contribution in [-0.4, -0.2) is 27.1 Å². The molecule has 23 heavy (non-hydrogen) atoms. The third-order valence-electron chi connectivity index (χ3n) is 3.88. The number of benzene rings is 2. The maximum Gasteiger partial charge on any atom is 0.204 e. The van der Waals surface area contributed by atoms with Gasteiger partial charge in [0.05, 0.1) is 27.8 Å². The van der Waals surface area contributed by atoms with E-state index in [-0.39, 0.29) is 18.3 Å². The summed E-state index contributed by atoms with van der Waals surface area (Å²) in [5.41, 5.74) is 1.36. The second kappa shape index (κ2) is 6.20. The molecule has 0 spiro atoms. The van der Waals surface area contributed by atoms with E-state index in [2.05, 4.69) is 0 Å². The van der Waals surface area contributed by atoms with E-state index in [1.807, 2.05) is 30.3 Å². The van der Waals surface area contributed by atoms with E-state index >= 15 is 0 Å². The standard InChI is InChI=1S/C18H18O5/c1-20-15-10-14-16(18(22-3)17(15)21-2)12(19)9-13(23-14)11-7-5-4-6-8-11/h4-8,10,13H,9H2,1-3H3. The maximum atomic E-state index is 12.7. The first-order valence-corrected chi connectivity index (χ1v) is 7.27. The molecule has 120 valence electrons. The average molecular weight is 314 g/mol. The van der Waals surface area contributed by atoms with Crippen LogP contribution in [0.5, 0.6) is 23.0 Å². The Labute approximate surface area is 134 Å². The summed E-state index contributed by atoms with van der Waals surface area (Å²) in [5, 5.41) is 0. The Morgan fingerprint density at radius 3 is 2.30 bits per heavy atom. The van der Waals surface area contributed by atoms with Gasteiger partial charge in [-0.05, 0) is 5.56 Å². The van der Waals surface area contributed by atoms with Gasteiger partial charge in [0.2, 0.25) is 5.75 Å².